The minimum absolute atomic E-state index is 0.105. The van der Waals surface area contributed by atoms with Crippen molar-refractivity contribution in [3.63, 3.8) is 0 Å². The zero-order chi connectivity index (χ0) is 13.3. The van der Waals surface area contributed by atoms with Gasteiger partial charge in [-0.05, 0) is 32.9 Å². The van der Waals surface area contributed by atoms with Gasteiger partial charge in [0.25, 0.3) is 0 Å². The van der Waals surface area contributed by atoms with Gasteiger partial charge in [-0.1, -0.05) is 6.07 Å². The van der Waals surface area contributed by atoms with Crippen LogP contribution in [-0.4, -0.2) is 30.1 Å². The van der Waals surface area contributed by atoms with E-state index in [4.69, 9.17) is 0 Å². The highest BCUT2D eigenvalue weighted by molar-refractivity contribution is 5.23. The van der Waals surface area contributed by atoms with E-state index in [-0.39, 0.29) is 17.1 Å². The third-order valence-corrected chi connectivity index (χ3v) is 3.75. The topological polar surface area (TPSA) is 15.3 Å². The molecule has 0 aromatic heterocycles. The molecule has 18 heavy (non-hydrogen) atoms. The van der Waals surface area contributed by atoms with Gasteiger partial charge in [-0.25, -0.2) is 8.78 Å². The van der Waals surface area contributed by atoms with E-state index in [0.29, 0.717) is 0 Å². The third-order valence-electron chi connectivity index (χ3n) is 3.75. The van der Waals surface area contributed by atoms with E-state index in [1.165, 1.54) is 18.2 Å². The predicted octanol–water partition coefficient (Wildman–Crippen LogP) is 2.71. The first-order valence-electron chi connectivity index (χ1n) is 6.35. The van der Waals surface area contributed by atoms with Crippen LogP contribution in [0.15, 0.2) is 18.2 Å². The molecular weight excluding hydrogens is 234 g/mol. The SMILES string of the molecule is CC(c1c(F)cccc1F)N1CCNCC1(C)C. The molecule has 1 aliphatic heterocycles. The first-order chi connectivity index (χ1) is 8.43. The van der Waals surface area contributed by atoms with Crippen LogP contribution in [0.4, 0.5) is 8.78 Å². The van der Waals surface area contributed by atoms with Gasteiger partial charge in [-0.15, -0.1) is 0 Å². The van der Waals surface area contributed by atoms with Crippen molar-refractivity contribution in [1.29, 1.82) is 0 Å². The normalized spacial score (nSPS) is 21.8. The van der Waals surface area contributed by atoms with Gasteiger partial charge in [0.15, 0.2) is 0 Å². The Morgan fingerprint density at radius 2 is 1.89 bits per heavy atom. The van der Waals surface area contributed by atoms with E-state index < -0.39 is 11.6 Å². The summed E-state index contributed by atoms with van der Waals surface area (Å²) in [5.74, 6) is -0.923. The highest BCUT2D eigenvalue weighted by Gasteiger charge is 2.35. The fraction of sp³-hybridized carbons (Fsp3) is 0.571. The van der Waals surface area contributed by atoms with Gasteiger partial charge in [0.05, 0.1) is 0 Å². The first kappa shape index (κ1) is 13.4. The lowest BCUT2D eigenvalue weighted by molar-refractivity contribution is 0.0487. The molecular formula is C14H20F2N2. The fourth-order valence-electron chi connectivity index (χ4n) is 2.78. The van der Waals surface area contributed by atoms with E-state index in [1.807, 2.05) is 6.92 Å². The highest BCUT2D eigenvalue weighted by atomic mass is 19.1. The number of rotatable bonds is 2. The number of nitrogens with one attached hydrogen (secondary N) is 1. The second kappa shape index (κ2) is 4.94. The fourth-order valence-corrected chi connectivity index (χ4v) is 2.78. The van der Waals surface area contributed by atoms with Gasteiger partial charge < -0.3 is 5.32 Å². The van der Waals surface area contributed by atoms with Gasteiger partial charge in [0.1, 0.15) is 11.6 Å². The molecule has 1 heterocycles. The molecule has 0 saturated carbocycles. The molecule has 1 atom stereocenters. The van der Waals surface area contributed by atoms with Gasteiger partial charge in [0.2, 0.25) is 0 Å². The Hall–Kier alpha value is -1.00. The molecule has 0 amide bonds. The number of hydrogen-bond donors (Lipinski definition) is 1. The molecule has 100 valence electrons. The zero-order valence-electron chi connectivity index (χ0n) is 11.1. The van der Waals surface area contributed by atoms with Gasteiger partial charge in [-0.3, -0.25) is 4.90 Å². The first-order valence-corrected chi connectivity index (χ1v) is 6.35. The van der Waals surface area contributed by atoms with Crippen LogP contribution >= 0.6 is 0 Å². The average molecular weight is 254 g/mol. The summed E-state index contributed by atoms with van der Waals surface area (Å²) >= 11 is 0. The Morgan fingerprint density at radius 3 is 2.44 bits per heavy atom. The lowest BCUT2D eigenvalue weighted by Crippen LogP contribution is -2.58. The third kappa shape index (κ3) is 2.40. The predicted molar refractivity (Wildman–Crippen MR) is 68.4 cm³/mol. The number of hydrogen-bond acceptors (Lipinski definition) is 2. The van der Waals surface area contributed by atoms with Crippen LogP contribution < -0.4 is 5.32 Å². The molecule has 1 aromatic carbocycles. The maximum absolute atomic E-state index is 13.8. The minimum Gasteiger partial charge on any atom is -0.314 e. The summed E-state index contributed by atoms with van der Waals surface area (Å²) in [6.45, 7) is 8.52. The van der Waals surface area contributed by atoms with Crippen molar-refractivity contribution in [3.05, 3.63) is 35.4 Å². The number of nitrogens with zero attached hydrogens (tertiary/aromatic N) is 1. The van der Waals surface area contributed by atoms with E-state index in [1.54, 1.807) is 0 Å². The van der Waals surface area contributed by atoms with Crippen molar-refractivity contribution < 1.29 is 8.78 Å². The quantitative estimate of drug-likeness (QED) is 0.873. The van der Waals surface area contributed by atoms with Crippen LogP contribution in [0.1, 0.15) is 32.4 Å². The van der Waals surface area contributed by atoms with E-state index in [2.05, 4.69) is 24.1 Å². The van der Waals surface area contributed by atoms with Crippen LogP contribution in [0.5, 0.6) is 0 Å². The molecule has 1 aromatic rings. The van der Waals surface area contributed by atoms with Crippen LogP contribution in [0.2, 0.25) is 0 Å². The molecule has 1 saturated heterocycles. The summed E-state index contributed by atoms with van der Waals surface area (Å²) in [7, 11) is 0. The maximum atomic E-state index is 13.8. The number of piperazine rings is 1. The van der Waals surface area contributed by atoms with Crippen molar-refractivity contribution >= 4 is 0 Å². The van der Waals surface area contributed by atoms with E-state index in [9.17, 15) is 8.78 Å². The smallest absolute Gasteiger partial charge is 0.130 e. The molecule has 0 aliphatic carbocycles. The summed E-state index contributed by atoms with van der Waals surface area (Å²) < 4.78 is 27.7. The van der Waals surface area contributed by atoms with Crippen molar-refractivity contribution in [3.8, 4) is 0 Å². The molecule has 2 nitrogen and oxygen atoms in total. The van der Waals surface area contributed by atoms with Gasteiger partial charge in [0, 0.05) is 36.8 Å². The monoisotopic (exact) mass is 254 g/mol. The summed E-state index contributed by atoms with van der Waals surface area (Å²) in [4.78, 5) is 2.16. The summed E-state index contributed by atoms with van der Waals surface area (Å²) in [5, 5.41) is 3.31. The second-order valence-corrected chi connectivity index (χ2v) is 5.49. The molecule has 2 rings (SSSR count). The Morgan fingerprint density at radius 1 is 1.28 bits per heavy atom. The highest BCUT2D eigenvalue weighted by Crippen LogP contribution is 2.31. The van der Waals surface area contributed by atoms with Gasteiger partial charge in [-0.2, -0.15) is 0 Å². The Labute approximate surface area is 107 Å². The number of halogens is 2. The Bertz CT molecular complexity index is 412. The largest absolute Gasteiger partial charge is 0.314 e. The standard InChI is InChI=1S/C14H20F2N2/c1-10(13-11(15)5-4-6-12(13)16)18-8-7-17-9-14(18,2)3/h4-6,10,17H,7-9H2,1-3H3. The van der Waals surface area contributed by atoms with Crippen molar-refractivity contribution in [2.24, 2.45) is 0 Å². The number of benzene rings is 1. The molecule has 0 radical (unpaired) electrons. The molecule has 0 bridgehead atoms. The average Bonchev–Trinajstić information content (AvgIpc) is 2.27. The van der Waals surface area contributed by atoms with Crippen molar-refractivity contribution in [2.45, 2.75) is 32.4 Å². The van der Waals surface area contributed by atoms with Crippen LogP contribution in [0, 0.1) is 11.6 Å². The zero-order valence-corrected chi connectivity index (χ0v) is 11.1. The second-order valence-electron chi connectivity index (χ2n) is 5.49. The molecule has 1 aliphatic rings. The lowest BCUT2D eigenvalue weighted by Gasteiger charge is -2.46. The molecule has 1 unspecified atom stereocenters. The van der Waals surface area contributed by atoms with Crippen molar-refractivity contribution in [2.75, 3.05) is 19.6 Å². The van der Waals surface area contributed by atoms with Crippen LogP contribution in [-0.2, 0) is 0 Å². The summed E-state index contributed by atoms with van der Waals surface area (Å²) in [5.41, 5.74) is 0.0688. The minimum atomic E-state index is -0.461. The summed E-state index contributed by atoms with van der Waals surface area (Å²) in [6.07, 6.45) is 0. The maximum Gasteiger partial charge on any atom is 0.130 e. The summed E-state index contributed by atoms with van der Waals surface area (Å²) in [6, 6.07) is 3.79. The Kier molecular flexibility index (Phi) is 3.69. The van der Waals surface area contributed by atoms with E-state index in [0.717, 1.165) is 19.6 Å². The van der Waals surface area contributed by atoms with Crippen molar-refractivity contribution in [1.82, 2.24) is 10.2 Å². The Balaban J connectivity index is 2.33. The van der Waals surface area contributed by atoms with Gasteiger partial charge >= 0.3 is 0 Å². The van der Waals surface area contributed by atoms with Crippen LogP contribution in [0.25, 0.3) is 0 Å². The van der Waals surface area contributed by atoms with Crippen LogP contribution in [0.3, 0.4) is 0 Å². The molecule has 1 fully saturated rings. The van der Waals surface area contributed by atoms with E-state index >= 15 is 0 Å². The molecule has 0 spiro atoms. The lowest BCUT2D eigenvalue weighted by atomic mass is 9.94. The molecule has 1 N–H and O–H groups in total. The molecule has 4 heteroatoms.